The molecule has 2 heteroatoms. The van der Waals surface area contributed by atoms with Crippen molar-refractivity contribution in [1.29, 1.82) is 0 Å². The molecule has 2 N–H and O–H groups in total. The minimum Gasteiger partial charge on any atom is -0.326 e. The molecule has 0 bridgehead atoms. The fourth-order valence-electron chi connectivity index (χ4n) is 1.17. The van der Waals surface area contributed by atoms with Crippen molar-refractivity contribution in [1.82, 2.24) is 0 Å². The van der Waals surface area contributed by atoms with E-state index in [1.54, 1.807) is 11.3 Å². The molecular formula is C9H15NS. The minimum atomic E-state index is 0.694. The van der Waals surface area contributed by atoms with Gasteiger partial charge < -0.3 is 5.73 Å². The highest BCUT2D eigenvalue weighted by Gasteiger charge is 2.03. The summed E-state index contributed by atoms with van der Waals surface area (Å²) in [7, 11) is 0. The third-order valence-electron chi connectivity index (χ3n) is 1.65. The second-order valence-corrected chi connectivity index (χ2v) is 4.17. The van der Waals surface area contributed by atoms with Crippen LogP contribution in [0.3, 0.4) is 0 Å². The number of thiophene rings is 1. The van der Waals surface area contributed by atoms with Gasteiger partial charge in [-0.2, -0.15) is 0 Å². The quantitative estimate of drug-likeness (QED) is 0.738. The molecule has 0 fully saturated rings. The Hall–Kier alpha value is -0.340. The molecule has 0 unspecified atom stereocenters. The summed E-state index contributed by atoms with van der Waals surface area (Å²) in [5.74, 6) is 0.731. The van der Waals surface area contributed by atoms with Gasteiger partial charge in [-0.1, -0.05) is 13.8 Å². The lowest BCUT2D eigenvalue weighted by Gasteiger charge is -2.03. The van der Waals surface area contributed by atoms with Crippen LogP contribution in [0.25, 0.3) is 0 Å². The van der Waals surface area contributed by atoms with Gasteiger partial charge in [0.05, 0.1) is 0 Å². The Morgan fingerprint density at radius 1 is 1.55 bits per heavy atom. The van der Waals surface area contributed by atoms with E-state index >= 15 is 0 Å². The van der Waals surface area contributed by atoms with Crippen molar-refractivity contribution < 1.29 is 0 Å². The predicted molar refractivity (Wildman–Crippen MR) is 50.8 cm³/mol. The van der Waals surface area contributed by atoms with E-state index in [1.807, 2.05) is 0 Å². The van der Waals surface area contributed by atoms with E-state index in [2.05, 4.69) is 25.3 Å². The summed E-state index contributed by atoms with van der Waals surface area (Å²) in [6, 6.07) is 2.19. The number of hydrogen-bond donors (Lipinski definition) is 1. The van der Waals surface area contributed by atoms with Crippen molar-refractivity contribution in [2.45, 2.75) is 26.8 Å². The zero-order valence-corrected chi connectivity index (χ0v) is 7.95. The molecule has 0 saturated heterocycles. The van der Waals surface area contributed by atoms with Gasteiger partial charge in [-0.25, -0.2) is 0 Å². The molecule has 0 atom stereocenters. The van der Waals surface area contributed by atoms with Crippen LogP contribution < -0.4 is 5.73 Å². The Labute approximate surface area is 72.2 Å². The highest BCUT2D eigenvalue weighted by molar-refractivity contribution is 7.10. The predicted octanol–water partition coefficient (Wildman–Crippen LogP) is 2.41. The fraction of sp³-hybridized carbons (Fsp3) is 0.556. The van der Waals surface area contributed by atoms with Crippen LogP contribution in [0.1, 0.15) is 24.3 Å². The molecule has 1 nitrogen and oxygen atoms in total. The molecule has 0 aliphatic carbocycles. The third-order valence-corrected chi connectivity index (χ3v) is 2.64. The number of hydrogen-bond acceptors (Lipinski definition) is 2. The Kier molecular flexibility index (Phi) is 3.09. The van der Waals surface area contributed by atoms with Gasteiger partial charge >= 0.3 is 0 Å². The van der Waals surface area contributed by atoms with Crippen LogP contribution in [0.15, 0.2) is 11.4 Å². The maximum absolute atomic E-state index is 5.58. The summed E-state index contributed by atoms with van der Waals surface area (Å²) >= 11 is 1.77. The van der Waals surface area contributed by atoms with Gasteiger partial charge in [-0.3, -0.25) is 0 Å². The highest BCUT2D eigenvalue weighted by atomic mass is 32.1. The topological polar surface area (TPSA) is 26.0 Å². The van der Waals surface area contributed by atoms with E-state index in [1.165, 1.54) is 10.4 Å². The second kappa shape index (κ2) is 3.88. The molecule has 0 aromatic carbocycles. The van der Waals surface area contributed by atoms with Gasteiger partial charge in [0, 0.05) is 11.4 Å². The first-order valence-electron chi connectivity index (χ1n) is 3.99. The Bertz CT molecular complexity index is 215. The van der Waals surface area contributed by atoms with Crippen molar-refractivity contribution in [3.63, 3.8) is 0 Å². The first-order chi connectivity index (χ1) is 5.24. The highest BCUT2D eigenvalue weighted by Crippen LogP contribution is 2.19. The Morgan fingerprint density at radius 3 is 2.82 bits per heavy atom. The van der Waals surface area contributed by atoms with Crippen LogP contribution in [-0.2, 0) is 13.0 Å². The van der Waals surface area contributed by atoms with Gasteiger partial charge in [0.1, 0.15) is 0 Å². The van der Waals surface area contributed by atoms with Crippen LogP contribution in [0.5, 0.6) is 0 Å². The normalized spacial score (nSPS) is 10.9. The maximum atomic E-state index is 5.58. The lowest BCUT2D eigenvalue weighted by Crippen LogP contribution is -2.00. The lowest BCUT2D eigenvalue weighted by atomic mass is 10.0. The molecule has 62 valence electrons. The molecule has 1 heterocycles. The monoisotopic (exact) mass is 169 g/mol. The van der Waals surface area contributed by atoms with Crippen LogP contribution in [0, 0.1) is 5.92 Å². The number of nitrogens with two attached hydrogens (primary N) is 1. The lowest BCUT2D eigenvalue weighted by molar-refractivity contribution is 0.645. The Morgan fingerprint density at radius 2 is 2.27 bits per heavy atom. The molecule has 1 rings (SSSR count). The summed E-state index contributed by atoms with van der Waals surface area (Å²) in [5, 5.41) is 2.12. The van der Waals surface area contributed by atoms with Crippen LogP contribution >= 0.6 is 11.3 Å². The summed E-state index contributed by atoms with van der Waals surface area (Å²) in [5.41, 5.74) is 7.02. The van der Waals surface area contributed by atoms with E-state index in [9.17, 15) is 0 Å². The van der Waals surface area contributed by atoms with Crippen LogP contribution in [0.2, 0.25) is 0 Å². The molecule has 0 aliphatic rings. The smallest absolute Gasteiger partial charge is 0.0276 e. The Balaban J connectivity index is 2.68. The van der Waals surface area contributed by atoms with Gasteiger partial charge in [-0.05, 0) is 29.3 Å². The summed E-state index contributed by atoms with van der Waals surface area (Å²) in [6.45, 7) is 5.16. The average Bonchev–Trinajstić information content (AvgIpc) is 2.34. The fourth-order valence-corrected chi connectivity index (χ4v) is 1.96. The van der Waals surface area contributed by atoms with Crippen LogP contribution in [-0.4, -0.2) is 0 Å². The molecule has 0 amide bonds. The molecule has 0 aliphatic heterocycles. The van der Waals surface area contributed by atoms with Gasteiger partial charge in [0.2, 0.25) is 0 Å². The summed E-state index contributed by atoms with van der Waals surface area (Å²) < 4.78 is 0. The van der Waals surface area contributed by atoms with Gasteiger partial charge in [0.15, 0.2) is 0 Å². The van der Waals surface area contributed by atoms with E-state index in [4.69, 9.17) is 5.73 Å². The molecule has 1 aromatic rings. The first-order valence-corrected chi connectivity index (χ1v) is 4.87. The van der Waals surface area contributed by atoms with E-state index in [-0.39, 0.29) is 0 Å². The molecule has 11 heavy (non-hydrogen) atoms. The van der Waals surface area contributed by atoms with Crippen LogP contribution in [0.4, 0.5) is 0 Å². The van der Waals surface area contributed by atoms with Crippen molar-refractivity contribution >= 4 is 11.3 Å². The molecule has 0 radical (unpaired) electrons. The van der Waals surface area contributed by atoms with Gasteiger partial charge in [0.25, 0.3) is 0 Å². The van der Waals surface area contributed by atoms with E-state index < -0.39 is 0 Å². The van der Waals surface area contributed by atoms with Gasteiger partial charge in [-0.15, -0.1) is 11.3 Å². The number of rotatable bonds is 3. The van der Waals surface area contributed by atoms with E-state index in [0.717, 1.165) is 12.3 Å². The SMILES string of the molecule is CC(C)Cc1ccsc1CN. The van der Waals surface area contributed by atoms with Crippen molar-refractivity contribution in [3.8, 4) is 0 Å². The largest absolute Gasteiger partial charge is 0.326 e. The van der Waals surface area contributed by atoms with E-state index in [0.29, 0.717) is 6.54 Å². The molecular weight excluding hydrogens is 154 g/mol. The average molecular weight is 169 g/mol. The zero-order chi connectivity index (χ0) is 8.27. The van der Waals surface area contributed by atoms with Crippen molar-refractivity contribution in [3.05, 3.63) is 21.9 Å². The molecule has 0 spiro atoms. The minimum absolute atomic E-state index is 0.694. The zero-order valence-electron chi connectivity index (χ0n) is 7.13. The molecule has 1 aromatic heterocycles. The first kappa shape index (κ1) is 8.75. The standard InChI is InChI=1S/C9H15NS/c1-7(2)5-8-3-4-11-9(8)6-10/h3-4,7H,5-6,10H2,1-2H3. The van der Waals surface area contributed by atoms with Crippen molar-refractivity contribution in [2.24, 2.45) is 11.7 Å². The third kappa shape index (κ3) is 2.31. The summed E-state index contributed by atoms with van der Waals surface area (Å²) in [4.78, 5) is 1.35. The maximum Gasteiger partial charge on any atom is 0.0276 e. The summed E-state index contributed by atoms with van der Waals surface area (Å²) in [6.07, 6.45) is 1.16. The second-order valence-electron chi connectivity index (χ2n) is 3.17. The molecule has 0 saturated carbocycles. The van der Waals surface area contributed by atoms with Crippen molar-refractivity contribution in [2.75, 3.05) is 0 Å².